The molecule has 96 valence electrons. The minimum atomic E-state index is -4.54. The summed E-state index contributed by atoms with van der Waals surface area (Å²) < 4.78 is 38.0. The van der Waals surface area contributed by atoms with Crippen molar-refractivity contribution in [3.8, 4) is 0 Å². The molecule has 0 aliphatic heterocycles. The van der Waals surface area contributed by atoms with Crippen molar-refractivity contribution < 1.29 is 23.1 Å². The summed E-state index contributed by atoms with van der Waals surface area (Å²) in [5.41, 5.74) is -0.664. The van der Waals surface area contributed by atoms with E-state index in [0.29, 0.717) is 0 Å². The lowest BCUT2D eigenvalue weighted by Crippen LogP contribution is -2.08. The number of alkyl halides is 3. The van der Waals surface area contributed by atoms with E-state index in [1.807, 2.05) is 5.10 Å². The molecule has 1 atom stereocenters. The van der Waals surface area contributed by atoms with Crippen LogP contribution in [0.4, 0.5) is 13.2 Å². The van der Waals surface area contributed by atoms with Gasteiger partial charge in [0.15, 0.2) is 0 Å². The summed E-state index contributed by atoms with van der Waals surface area (Å²) in [6, 6.07) is 4.11. The van der Waals surface area contributed by atoms with E-state index in [1.165, 1.54) is 25.1 Å². The molecule has 1 aromatic carbocycles. The summed E-state index contributed by atoms with van der Waals surface area (Å²) in [4.78, 5) is 10.9. The number of carboxylic acids is 1. The lowest BCUT2D eigenvalue weighted by Gasteiger charge is -2.07. The molecule has 0 amide bonds. The van der Waals surface area contributed by atoms with Crippen LogP contribution in [0.2, 0.25) is 0 Å². The molecular weight excluding hydrogens is 249 g/mol. The van der Waals surface area contributed by atoms with E-state index in [9.17, 15) is 18.0 Å². The molecule has 18 heavy (non-hydrogen) atoms. The maximum absolute atomic E-state index is 12.7. The van der Waals surface area contributed by atoms with Gasteiger partial charge in [0.1, 0.15) is 5.69 Å². The zero-order valence-electron chi connectivity index (χ0n) is 9.25. The number of H-pyrrole nitrogens is 1. The number of hydrogen-bond donors (Lipinski definition) is 2. The van der Waals surface area contributed by atoms with Crippen molar-refractivity contribution in [2.75, 3.05) is 0 Å². The van der Waals surface area contributed by atoms with E-state index in [2.05, 4.69) is 5.10 Å². The van der Waals surface area contributed by atoms with Gasteiger partial charge in [-0.15, -0.1) is 0 Å². The second-order valence-electron chi connectivity index (χ2n) is 3.90. The van der Waals surface area contributed by atoms with Crippen molar-refractivity contribution in [3.63, 3.8) is 0 Å². The maximum Gasteiger partial charge on any atom is 0.433 e. The highest BCUT2D eigenvalue weighted by Crippen LogP contribution is 2.35. The molecule has 0 saturated carbocycles. The quantitative estimate of drug-likeness (QED) is 0.870. The molecule has 0 aliphatic carbocycles. The average molecular weight is 258 g/mol. The van der Waals surface area contributed by atoms with Gasteiger partial charge in [-0.25, -0.2) is 0 Å². The van der Waals surface area contributed by atoms with Crippen molar-refractivity contribution in [2.45, 2.75) is 19.0 Å². The Morgan fingerprint density at radius 1 is 1.44 bits per heavy atom. The van der Waals surface area contributed by atoms with Gasteiger partial charge in [0.05, 0.1) is 11.4 Å². The smallest absolute Gasteiger partial charge is 0.433 e. The number of carbonyl (C=O) groups is 1. The van der Waals surface area contributed by atoms with Crippen LogP contribution >= 0.6 is 0 Å². The number of nitrogens with zero attached hydrogens (tertiary/aromatic N) is 1. The minimum absolute atomic E-state index is 0.0414. The number of benzene rings is 1. The predicted octanol–water partition coefficient (Wildman–Crippen LogP) is 2.77. The van der Waals surface area contributed by atoms with Crippen LogP contribution < -0.4 is 0 Å². The zero-order valence-corrected chi connectivity index (χ0v) is 9.25. The summed E-state index contributed by atoms with van der Waals surface area (Å²) >= 11 is 0. The number of hydrogen-bond acceptors (Lipinski definition) is 2. The second kappa shape index (κ2) is 4.01. The van der Waals surface area contributed by atoms with Gasteiger partial charge in [-0.2, -0.15) is 18.3 Å². The van der Waals surface area contributed by atoms with Crippen molar-refractivity contribution in [2.24, 2.45) is 0 Å². The number of fused-ring (bicyclic) bond motifs is 1. The van der Waals surface area contributed by atoms with E-state index in [4.69, 9.17) is 5.11 Å². The molecule has 2 aromatic rings. The number of aromatic amines is 1. The van der Waals surface area contributed by atoms with E-state index in [1.54, 1.807) is 0 Å². The first kappa shape index (κ1) is 12.4. The van der Waals surface area contributed by atoms with Crippen LogP contribution in [0.3, 0.4) is 0 Å². The van der Waals surface area contributed by atoms with Crippen LogP contribution in [0.25, 0.3) is 10.9 Å². The fraction of sp³-hybridized carbons (Fsp3) is 0.273. The van der Waals surface area contributed by atoms with Crippen LogP contribution in [0.15, 0.2) is 18.2 Å². The Bertz CT molecular complexity index is 604. The molecule has 0 aliphatic rings. The Kier molecular flexibility index (Phi) is 2.76. The first-order valence-electron chi connectivity index (χ1n) is 5.09. The summed E-state index contributed by atoms with van der Waals surface area (Å²) in [6.45, 7) is 1.40. The highest BCUT2D eigenvalue weighted by atomic mass is 19.4. The lowest BCUT2D eigenvalue weighted by atomic mass is 9.98. The number of halogens is 3. The molecule has 0 radical (unpaired) electrons. The van der Waals surface area contributed by atoms with Gasteiger partial charge in [0.2, 0.25) is 0 Å². The van der Waals surface area contributed by atoms with Crippen molar-refractivity contribution >= 4 is 16.9 Å². The van der Waals surface area contributed by atoms with Crippen LogP contribution in [-0.4, -0.2) is 21.3 Å². The third-order valence-electron chi connectivity index (χ3n) is 2.74. The summed E-state index contributed by atoms with van der Waals surface area (Å²) in [6.07, 6.45) is -4.54. The van der Waals surface area contributed by atoms with Gasteiger partial charge < -0.3 is 5.11 Å². The molecule has 2 N–H and O–H groups in total. The Labute approximate surface area is 99.4 Å². The van der Waals surface area contributed by atoms with Crippen molar-refractivity contribution in [1.29, 1.82) is 0 Å². The number of rotatable bonds is 2. The second-order valence-corrected chi connectivity index (χ2v) is 3.90. The summed E-state index contributed by atoms with van der Waals surface area (Å²) in [7, 11) is 0. The van der Waals surface area contributed by atoms with Crippen LogP contribution in [0, 0.1) is 0 Å². The molecule has 0 saturated heterocycles. The molecule has 0 fully saturated rings. The fourth-order valence-electron chi connectivity index (χ4n) is 1.76. The normalized spacial score (nSPS) is 13.8. The SMILES string of the molecule is CC(C(=O)O)c1cccc2c(C(F)(F)F)[nH]nc12. The maximum atomic E-state index is 12.7. The summed E-state index contributed by atoms with van der Waals surface area (Å²) in [5.74, 6) is -2.03. The average Bonchev–Trinajstić information content (AvgIpc) is 2.70. The van der Waals surface area contributed by atoms with Gasteiger partial charge in [-0.05, 0) is 12.5 Å². The molecule has 4 nitrogen and oxygen atoms in total. The third-order valence-corrected chi connectivity index (χ3v) is 2.74. The Hall–Kier alpha value is -2.05. The van der Waals surface area contributed by atoms with Crippen LogP contribution in [0.5, 0.6) is 0 Å². The standard InChI is InChI=1S/C11H9F3N2O2/c1-5(10(17)18)6-3-2-4-7-8(6)15-16-9(7)11(12,13)14/h2-5H,1H3,(H,15,16)(H,17,18). The third kappa shape index (κ3) is 1.92. The van der Waals surface area contributed by atoms with Crippen LogP contribution in [0.1, 0.15) is 24.1 Å². The molecule has 0 spiro atoms. The summed E-state index contributed by atoms with van der Waals surface area (Å²) in [5, 5.41) is 14.3. The molecule has 1 unspecified atom stereocenters. The van der Waals surface area contributed by atoms with Gasteiger partial charge in [0, 0.05) is 5.39 Å². The number of para-hydroxylation sites is 1. The van der Waals surface area contributed by atoms with Gasteiger partial charge >= 0.3 is 12.1 Å². The number of aromatic nitrogens is 2. The largest absolute Gasteiger partial charge is 0.481 e. The number of carboxylic acid groups (broad SMARTS) is 1. The molecule has 0 bridgehead atoms. The Balaban J connectivity index is 2.66. The van der Waals surface area contributed by atoms with E-state index in [0.717, 1.165) is 0 Å². The number of aliphatic carboxylic acids is 1. The van der Waals surface area contributed by atoms with E-state index in [-0.39, 0.29) is 16.5 Å². The Morgan fingerprint density at radius 3 is 2.67 bits per heavy atom. The van der Waals surface area contributed by atoms with Crippen molar-refractivity contribution in [1.82, 2.24) is 10.2 Å². The first-order chi connectivity index (χ1) is 8.32. The number of nitrogens with one attached hydrogen (secondary N) is 1. The topological polar surface area (TPSA) is 66.0 Å². The van der Waals surface area contributed by atoms with Crippen molar-refractivity contribution in [3.05, 3.63) is 29.5 Å². The Morgan fingerprint density at radius 2 is 2.11 bits per heavy atom. The van der Waals surface area contributed by atoms with E-state index < -0.39 is 23.8 Å². The molecule has 1 heterocycles. The van der Waals surface area contributed by atoms with Crippen LogP contribution in [-0.2, 0) is 11.0 Å². The highest BCUT2D eigenvalue weighted by molar-refractivity contribution is 5.89. The van der Waals surface area contributed by atoms with E-state index >= 15 is 0 Å². The fourth-order valence-corrected chi connectivity index (χ4v) is 1.76. The zero-order chi connectivity index (χ0) is 13.5. The van der Waals surface area contributed by atoms with Gasteiger partial charge in [-0.1, -0.05) is 18.2 Å². The first-order valence-corrected chi connectivity index (χ1v) is 5.09. The molecule has 1 aromatic heterocycles. The molecular formula is C11H9F3N2O2. The van der Waals surface area contributed by atoms with Gasteiger partial charge in [-0.3, -0.25) is 9.89 Å². The predicted molar refractivity (Wildman–Crippen MR) is 57.1 cm³/mol. The molecule has 7 heteroatoms. The van der Waals surface area contributed by atoms with Gasteiger partial charge in [0.25, 0.3) is 0 Å². The lowest BCUT2D eigenvalue weighted by molar-refractivity contribution is -0.140. The monoisotopic (exact) mass is 258 g/mol. The minimum Gasteiger partial charge on any atom is -0.481 e. The molecule has 2 rings (SSSR count). The highest BCUT2D eigenvalue weighted by Gasteiger charge is 2.35.